The van der Waals surface area contributed by atoms with Crippen LogP contribution >= 0.6 is 22.7 Å². The number of benzene rings is 1. The molecule has 3 rings (SSSR count). The standard InChI is InChI=1S/C19H16N2O4S2/c22-17(10-13-3-1-7-26-13)20-15-6-5-12(19(24)25)9-16(15)21-18(23)11-14-4-2-8-27-14/h1-9H,10-11H2,(H,20,22)(H,21,23)(H,24,25). The lowest BCUT2D eigenvalue weighted by Crippen LogP contribution is -2.19. The highest BCUT2D eigenvalue weighted by Crippen LogP contribution is 2.25. The minimum Gasteiger partial charge on any atom is -0.478 e. The van der Waals surface area contributed by atoms with Crippen molar-refractivity contribution in [2.75, 3.05) is 10.6 Å². The van der Waals surface area contributed by atoms with Gasteiger partial charge in [0.15, 0.2) is 0 Å². The molecule has 1 aromatic carbocycles. The molecule has 138 valence electrons. The van der Waals surface area contributed by atoms with Crippen LogP contribution in [-0.4, -0.2) is 22.9 Å². The fourth-order valence-corrected chi connectivity index (χ4v) is 3.83. The van der Waals surface area contributed by atoms with E-state index < -0.39 is 5.97 Å². The number of aromatic carboxylic acids is 1. The van der Waals surface area contributed by atoms with Crippen molar-refractivity contribution in [3.8, 4) is 0 Å². The molecule has 0 atom stereocenters. The number of carboxylic acids is 1. The number of amides is 2. The normalized spacial score (nSPS) is 10.4. The predicted molar refractivity (Wildman–Crippen MR) is 107 cm³/mol. The third-order valence-corrected chi connectivity index (χ3v) is 5.40. The lowest BCUT2D eigenvalue weighted by atomic mass is 10.1. The summed E-state index contributed by atoms with van der Waals surface area (Å²) in [5, 5.41) is 18.4. The molecule has 3 aromatic rings. The van der Waals surface area contributed by atoms with Crippen LogP contribution < -0.4 is 10.6 Å². The number of carbonyl (C=O) groups is 3. The summed E-state index contributed by atoms with van der Waals surface area (Å²) in [5.74, 6) is -1.64. The zero-order valence-corrected chi connectivity index (χ0v) is 15.7. The summed E-state index contributed by atoms with van der Waals surface area (Å²) >= 11 is 2.94. The van der Waals surface area contributed by atoms with Gasteiger partial charge < -0.3 is 15.7 Å². The van der Waals surface area contributed by atoms with Gasteiger partial charge in [-0.15, -0.1) is 22.7 Å². The van der Waals surface area contributed by atoms with Crippen molar-refractivity contribution < 1.29 is 19.5 Å². The Morgan fingerprint density at radius 2 is 1.37 bits per heavy atom. The van der Waals surface area contributed by atoms with Crippen LogP contribution in [0.15, 0.2) is 53.2 Å². The second kappa shape index (κ2) is 8.61. The maximum absolute atomic E-state index is 12.3. The van der Waals surface area contributed by atoms with E-state index in [2.05, 4.69) is 10.6 Å². The zero-order chi connectivity index (χ0) is 19.2. The number of hydrogen-bond donors (Lipinski definition) is 3. The molecule has 0 aliphatic rings. The molecule has 2 heterocycles. The van der Waals surface area contributed by atoms with Crippen molar-refractivity contribution in [1.29, 1.82) is 0 Å². The summed E-state index contributed by atoms with van der Waals surface area (Å²) in [7, 11) is 0. The third-order valence-electron chi connectivity index (χ3n) is 3.64. The average molecular weight is 400 g/mol. The molecule has 0 bridgehead atoms. The largest absolute Gasteiger partial charge is 0.478 e. The molecule has 8 heteroatoms. The van der Waals surface area contributed by atoms with E-state index in [1.54, 1.807) is 0 Å². The first kappa shape index (κ1) is 18.8. The Morgan fingerprint density at radius 1 is 0.815 bits per heavy atom. The van der Waals surface area contributed by atoms with Crippen LogP contribution in [0.5, 0.6) is 0 Å². The van der Waals surface area contributed by atoms with E-state index in [0.717, 1.165) is 9.75 Å². The molecule has 6 nitrogen and oxygen atoms in total. The first-order valence-corrected chi connectivity index (χ1v) is 9.79. The minimum atomic E-state index is -1.11. The number of carbonyl (C=O) groups excluding carboxylic acids is 2. The highest BCUT2D eigenvalue weighted by Gasteiger charge is 2.14. The average Bonchev–Trinajstić information content (AvgIpc) is 3.30. The van der Waals surface area contributed by atoms with Gasteiger partial charge in [-0.25, -0.2) is 4.79 Å². The molecule has 0 unspecified atom stereocenters. The number of rotatable bonds is 7. The summed E-state index contributed by atoms with van der Waals surface area (Å²) in [6.07, 6.45) is 0.387. The van der Waals surface area contributed by atoms with Crippen molar-refractivity contribution in [3.05, 3.63) is 68.5 Å². The number of carboxylic acid groups (broad SMARTS) is 1. The monoisotopic (exact) mass is 400 g/mol. The first-order chi connectivity index (χ1) is 13.0. The number of anilines is 2. The van der Waals surface area contributed by atoms with Crippen LogP contribution in [0.25, 0.3) is 0 Å². The smallest absolute Gasteiger partial charge is 0.335 e. The maximum Gasteiger partial charge on any atom is 0.335 e. The molecule has 0 aliphatic carbocycles. The summed E-state index contributed by atoms with van der Waals surface area (Å²) < 4.78 is 0. The van der Waals surface area contributed by atoms with Crippen molar-refractivity contribution in [1.82, 2.24) is 0 Å². The second-order valence-electron chi connectivity index (χ2n) is 5.67. The SMILES string of the molecule is O=C(Cc1cccs1)Nc1ccc(C(=O)O)cc1NC(=O)Cc1cccs1. The van der Waals surface area contributed by atoms with Crippen LogP contribution in [0, 0.1) is 0 Å². The second-order valence-corrected chi connectivity index (χ2v) is 7.74. The molecule has 0 fully saturated rings. The van der Waals surface area contributed by atoms with Crippen molar-refractivity contribution in [2.24, 2.45) is 0 Å². The van der Waals surface area contributed by atoms with Crippen LogP contribution in [-0.2, 0) is 22.4 Å². The molecule has 0 aliphatic heterocycles. The molecule has 0 spiro atoms. The summed E-state index contributed by atoms with van der Waals surface area (Å²) in [6, 6.07) is 11.6. The minimum absolute atomic E-state index is 0.0256. The van der Waals surface area contributed by atoms with Gasteiger partial charge in [0.25, 0.3) is 0 Å². The Balaban J connectivity index is 1.76. The fourth-order valence-electron chi connectivity index (χ4n) is 2.42. The van der Waals surface area contributed by atoms with Crippen molar-refractivity contribution in [3.63, 3.8) is 0 Å². The lowest BCUT2D eigenvalue weighted by Gasteiger charge is -2.13. The van der Waals surface area contributed by atoms with Gasteiger partial charge in [-0.05, 0) is 41.1 Å². The molecule has 2 amide bonds. The van der Waals surface area contributed by atoms with E-state index in [1.165, 1.54) is 40.9 Å². The van der Waals surface area contributed by atoms with Crippen molar-refractivity contribution >= 4 is 51.8 Å². The first-order valence-electron chi connectivity index (χ1n) is 8.03. The topological polar surface area (TPSA) is 95.5 Å². The van der Waals surface area contributed by atoms with Crippen LogP contribution in [0.3, 0.4) is 0 Å². The zero-order valence-electron chi connectivity index (χ0n) is 14.1. The number of hydrogen-bond acceptors (Lipinski definition) is 5. The fraction of sp³-hybridized carbons (Fsp3) is 0.105. The van der Waals surface area contributed by atoms with Gasteiger partial charge in [0.1, 0.15) is 0 Å². The maximum atomic E-state index is 12.3. The molecule has 0 saturated carbocycles. The lowest BCUT2D eigenvalue weighted by molar-refractivity contribution is -0.116. The van der Waals surface area contributed by atoms with E-state index >= 15 is 0 Å². The molecule has 2 aromatic heterocycles. The Hall–Kier alpha value is -2.97. The van der Waals surface area contributed by atoms with E-state index in [0.29, 0.717) is 5.69 Å². The van der Waals surface area contributed by atoms with E-state index in [-0.39, 0.29) is 35.9 Å². The van der Waals surface area contributed by atoms with Gasteiger partial charge in [0, 0.05) is 9.75 Å². The van der Waals surface area contributed by atoms with Crippen molar-refractivity contribution in [2.45, 2.75) is 12.8 Å². The highest BCUT2D eigenvalue weighted by molar-refractivity contribution is 7.10. The van der Waals surface area contributed by atoms with Gasteiger partial charge in [0.05, 0.1) is 29.8 Å². The van der Waals surface area contributed by atoms with Crippen LogP contribution in [0.1, 0.15) is 20.1 Å². The van der Waals surface area contributed by atoms with E-state index in [4.69, 9.17) is 0 Å². The molecule has 0 saturated heterocycles. The van der Waals surface area contributed by atoms with Crippen LogP contribution in [0.4, 0.5) is 11.4 Å². The Labute approximate surface area is 163 Å². The number of nitrogens with one attached hydrogen (secondary N) is 2. The number of thiophene rings is 2. The van der Waals surface area contributed by atoms with Gasteiger partial charge in [-0.2, -0.15) is 0 Å². The Kier molecular flexibility index (Phi) is 6.00. The summed E-state index contributed by atoms with van der Waals surface area (Å²) in [6.45, 7) is 0. The van der Waals surface area contributed by atoms with E-state index in [9.17, 15) is 19.5 Å². The molecule has 3 N–H and O–H groups in total. The molecule has 0 radical (unpaired) electrons. The predicted octanol–water partition coefficient (Wildman–Crippen LogP) is 3.87. The van der Waals surface area contributed by atoms with Gasteiger partial charge >= 0.3 is 5.97 Å². The summed E-state index contributed by atoms with van der Waals surface area (Å²) in [5.41, 5.74) is 0.648. The van der Waals surface area contributed by atoms with E-state index in [1.807, 2.05) is 35.0 Å². The Morgan fingerprint density at radius 3 is 1.85 bits per heavy atom. The highest BCUT2D eigenvalue weighted by atomic mass is 32.1. The molecule has 27 heavy (non-hydrogen) atoms. The van der Waals surface area contributed by atoms with Gasteiger partial charge in [0.2, 0.25) is 11.8 Å². The summed E-state index contributed by atoms with van der Waals surface area (Å²) in [4.78, 5) is 37.6. The van der Waals surface area contributed by atoms with Gasteiger partial charge in [-0.1, -0.05) is 12.1 Å². The molecular formula is C19H16N2O4S2. The third kappa shape index (κ3) is 5.25. The van der Waals surface area contributed by atoms with Gasteiger partial charge in [-0.3, -0.25) is 9.59 Å². The van der Waals surface area contributed by atoms with Crippen LogP contribution in [0.2, 0.25) is 0 Å². The quantitative estimate of drug-likeness (QED) is 0.561. The molecular weight excluding hydrogens is 384 g/mol. The Bertz CT molecular complexity index is 950.